The molecule has 0 spiro atoms. The van der Waals surface area contributed by atoms with Gasteiger partial charge in [0.1, 0.15) is 6.04 Å². The van der Waals surface area contributed by atoms with Crippen molar-refractivity contribution in [3.63, 3.8) is 0 Å². The molecule has 1 heterocycles. The topological polar surface area (TPSA) is 46.6 Å². The van der Waals surface area contributed by atoms with Gasteiger partial charge in [-0.15, -0.1) is 0 Å². The number of unbranched alkanes of at least 4 members (excludes halogenated alkanes) is 4. The summed E-state index contributed by atoms with van der Waals surface area (Å²) in [6.07, 6.45) is 7.91. The lowest BCUT2D eigenvalue weighted by atomic mass is 10.1. The van der Waals surface area contributed by atoms with Gasteiger partial charge in [-0.1, -0.05) is 46.5 Å². The van der Waals surface area contributed by atoms with Crippen LogP contribution in [0.25, 0.3) is 0 Å². The fourth-order valence-corrected chi connectivity index (χ4v) is 2.68. The van der Waals surface area contributed by atoms with Crippen LogP contribution < -0.4 is 0 Å². The van der Waals surface area contributed by atoms with Gasteiger partial charge in [0, 0.05) is 13.0 Å². The number of likely N-dealkylation sites (tertiary alicyclic amines) is 1. The summed E-state index contributed by atoms with van der Waals surface area (Å²) in [4.78, 5) is 26.1. The average molecular weight is 297 g/mol. The minimum Gasteiger partial charge on any atom is -0.464 e. The van der Waals surface area contributed by atoms with E-state index in [4.69, 9.17) is 4.74 Å². The molecule has 1 rings (SSSR count). The van der Waals surface area contributed by atoms with Gasteiger partial charge in [0.2, 0.25) is 5.91 Å². The van der Waals surface area contributed by atoms with Gasteiger partial charge in [0.25, 0.3) is 0 Å². The van der Waals surface area contributed by atoms with E-state index < -0.39 is 0 Å². The third-order valence-electron chi connectivity index (χ3n) is 3.90. The largest absolute Gasteiger partial charge is 0.464 e. The van der Waals surface area contributed by atoms with Crippen molar-refractivity contribution < 1.29 is 14.3 Å². The zero-order valence-corrected chi connectivity index (χ0v) is 13.9. The molecule has 0 radical (unpaired) electrons. The molecule has 1 aliphatic rings. The molecule has 1 saturated heterocycles. The van der Waals surface area contributed by atoms with Gasteiger partial charge in [0.05, 0.1) is 6.61 Å². The van der Waals surface area contributed by atoms with Gasteiger partial charge in [0.15, 0.2) is 0 Å². The molecule has 122 valence electrons. The van der Waals surface area contributed by atoms with Crippen molar-refractivity contribution in [3.05, 3.63) is 0 Å². The predicted octanol–water partition coefficient (Wildman–Crippen LogP) is 3.54. The Morgan fingerprint density at radius 2 is 1.90 bits per heavy atom. The van der Waals surface area contributed by atoms with Crippen LogP contribution in [0.2, 0.25) is 0 Å². The molecule has 1 amide bonds. The molecule has 0 bridgehead atoms. The Labute approximate surface area is 129 Å². The average Bonchev–Trinajstić information content (AvgIpc) is 2.93. The second-order valence-electron chi connectivity index (χ2n) is 6.43. The Hall–Kier alpha value is -1.06. The van der Waals surface area contributed by atoms with E-state index in [-0.39, 0.29) is 17.9 Å². The van der Waals surface area contributed by atoms with Crippen LogP contribution in [0.1, 0.15) is 72.1 Å². The maximum atomic E-state index is 12.2. The van der Waals surface area contributed by atoms with Crippen LogP contribution in [-0.4, -0.2) is 36.0 Å². The van der Waals surface area contributed by atoms with Crippen LogP contribution in [0.3, 0.4) is 0 Å². The summed E-state index contributed by atoms with van der Waals surface area (Å²) in [5, 5.41) is 0. The summed E-state index contributed by atoms with van der Waals surface area (Å²) in [6.45, 7) is 7.36. The monoisotopic (exact) mass is 297 g/mol. The van der Waals surface area contributed by atoms with E-state index in [2.05, 4.69) is 6.92 Å². The second kappa shape index (κ2) is 9.80. The van der Waals surface area contributed by atoms with Crippen molar-refractivity contribution in [2.24, 2.45) is 5.92 Å². The predicted molar refractivity (Wildman–Crippen MR) is 83.9 cm³/mol. The third-order valence-corrected chi connectivity index (χ3v) is 3.90. The van der Waals surface area contributed by atoms with Crippen LogP contribution in [0.4, 0.5) is 0 Å². The van der Waals surface area contributed by atoms with Crippen LogP contribution >= 0.6 is 0 Å². The minimum atomic E-state index is -0.341. The van der Waals surface area contributed by atoms with Crippen LogP contribution in [0.15, 0.2) is 0 Å². The van der Waals surface area contributed by atoms with Crippen molar-refractivity contribution in [1.82, 2.24) is 4.90 Å². The zero-order chi connectivity index (χ0) is 15.7. The van der Waals surface area contributed by atoms with Gasteiger partial charge >= 0.3 is 5.97 Å². The van der Waals surface area contributed by atoms with E-state index in [0.717, 1.165) is 25.7 Å². The first kappa shape index (κ1) is 18.0. The lowest BCUT2D eigenvalue weighted by molar-refractivity contribution is -0.154. The fourth-order valence-electron chi connectivity index (χ4n) is 2.68. The van der Waals surface area contributed by atoms with Gasteiger partial charge in [-0.3, -0.25) is 4.79 Å². The number of carbonyl (C=O) groups excluding carboxylic acids is 2. The summed E-state index contributed by atoms with van der Waals surface area (Å²) in [5.41, 5.74) is 0. The van der Waals surface area contributed by atoms with Crippen molar-refractivity contribution in [2.45, 2.75) is 78.2 Å². The van der Waals surface area contributed by atoms with E-state index in [1.807, 2.05) is 13.8 Å². The number of ether oxygens (including phenoxy) is 1. The Morgan fingerprint density at radius 3 is 2.57 bits per heavy atom. The summed E-state index contributed by atoms with van der Waals surface area (Å²) >= 11 is 0. The third kappa shape index (κ3) is 6.49. The SMILES string of the molecule is CCCCCCCC(=O)N1CCCC1C(=O)OCC(C)C. The Kier molecular flexibility index (Phi) is 8.40. The smallest absolute Gasteiger partial charge is 0.328 e. The fraction of sp³-hybridized carbons (Fsp3) is 0.882. The zero-order valence-electron chi connectivity index (χ0n) is 13.9. The van der Waals surface area contributed by atoms with Gasteiger partial charge < -0.3 is 9.64 Å². The molecule has 1 atom stereocenters. The summed E-state index contributed by atoms with van der Waals surface area (Å²) < 4.78 is 5.29. The highest BCUT2D eigenvalue weighted by Crippen LogP contribution is 2.20. The van der Waals surface area contributed by atoms with Crippen molar-refractivity contribution in [2.75, 3.05) is 13.2 Å². The number of hydrogen-bond acceptors (Lipinski definition) is 3. The molecule has 0 aliphatic carbocycles. The molecule has 4 nitrogen and oxygen atoms in total. The number of rotatable bonds is 9. The maximum absolute atomic E-state index is 12.2. The van der Waals surface area contributed by atoms with E-state index >= 15 is 0 Å². The first-order valence-corrected chi connectivity index (χ1v) is 8.52. The molecule has 0 aromatic carbocycles. The highest BCUT2D eigenvalue weighted by atomic mass is 16.5. The maximum Gasteiger partial charge on any atom is 0.328 e. The molecule has 4 heteroatoms. The number of hydrogen-bond donors (Lipinski definition) is 0. The molecular weight excluding hydrogens is 266 g/mol. The van der Waals surface area contributed by atoms with E-state index in [1.54, 1.807) is 4.90 Å². The highest BCUT2D eigenvalue weighted by Gasteiger charge is 2.34. The lowest BCUT2D eigenvalue weighted by Gasteiger charge is -2.23. The Bertz CT molecular complexity index is 328. The lowest BCUT2D eigenvalue weighted by Crippen LogP contribution is -2.41. The van der Waals surface area contributed by atoms with Crippen molar-refractivity contribution in [1.29, 1.82) is 0 Å². The first-order valence-electron chi connectivity index (χ1n) is 8.52. The Balaban J connectivity index is 2.34. The summed E-state index contributed by atoms with van der Waals surface area (Å²) in [5.74, 6) is 0.231. The van der Waals surface area contributed by atoms with Gasteiger partial charge in [-0.05, 0) is 25.2 Å². The number of amides is 1. The standard InChI is InChI=1S/C17H31NO3/c1-4-5-6-7-8-11-16(19)18-12-9-10-15(18)17(20)21-13-14(2)3/h14-15H,4-13H2,1-3H3. The van der Waals surface area contributed by atoms with Gasteiger partial charge in [-0.2, -0.15) is 0 Å². The van der Waals surface area contributed by atoms with E-state index in [9.17, 15) is 9.59 Å². The second-order valence-corrected chi connectivity index (χ2v) is 6.43. The molecule has 1 fully saturated rings. The number of carbonyl (C=O) groups is 2. The molecule has 0 aromatic rings. The van der Waals surface area contributed by atoms with Crippen molar-refractivity contribution >= 4 is 11.9 Å². The Morgan fingerprint density at radius 1 is 1.19 bits per heavy atom. The van der Waals surface area contributed by atoms with Crippen molar-refractivity contribution in [3.8, 4) is 0 Å². The van der Waals surface area contributed by atoms with E-state index in [1.165, 1.54) is 19.3 Å². The molecule has 0 N–H and O–H groups in total. The molecule has 1 aliphatic heterocycles. The van der Waals surface area contributed by atoms with Gasteiger partial charge in [-0.25, -0.2) is 4.79 Å². The van der Waals surface area contributed by atoms with Crippen LogP contribution in [0, 0.1) is 5.92 Å². The molecule has 21 heavy (non-hydrogen) atoms. The first-order chi connectivity index (χ1) is 10.1. The normalized spacial score (nSPS) is 18.3. The van der Waals surface area contributed by atoms with Crippen LogP contribution in [0.5, 0.6) is 0 Å². The highest BCUT2D eigenvalue weighted by molar-refractivity contribution is 5.85. The molecule has 1 unspecified atom stereocenters. The number of nitrogens with zero attached hydrogens (tertiary/aromatic N) is 1. The molecule has 0 aromatic heterocycles. The quantitative estimate of drug-likeness (QED) is 0.483. The summed E-state index contributed by atoms with van der Waals surface area (Å²) in [6, 6.07) is -0.341. The van der Waals surface area contributed by atoms with E-state index in [0.29, 0.717) is 25.5 Å². The van der Waals surface area contributed by atoms with Crippen LogP contribution in [-0.2, 0) is 14.3 Å². The molecule has 0 saturated carbocycles. The minimum absolute atomic E-state index is 0.121. The number of esters is 1. The summed E-state index contributed by atoms with van der Waals surface area (Å²) in [7, 11) is 0. The molecular formula is C17H31NO3.